The number of aromatic amines is 1. The summed E-state index contributed by atoms with van der Waals surface area (Å²) in [5, 5.41) is 5.80. The van der Waals surface area contributed by atoms with E-state index in [1.54, 1.807) is 19.0 Å². The normalized spacial score (nSPS) is 11.6. The van der Waals surface area contributed by atoms with Gasteiger partial charge in [0, 0.05) is 24.8 Å². The second-order valence-electron chi connectivity index (χ2n) is 5.61. The van der Waals surface area contributed by atoms with Gasteiger partial charge in [-0.25, -0.2) is 5.10 Å². The van der Waals surface area contributed by atoms with Crippen molar-refractivity contribution in [3.8, 4) is 0 Å². The van der Waals surface area contributed by atoms with Crippen molar-refractivity contribution in [3.05, 3.63) is 58.0 Å². The number of nitrogens with zero attached hydrogens (tertiary/aromatic N) is 3. The Labute approximate surface area is 141 Å². The standard InChI is InChI=1S/C16H17F3N4O2/c1-22(2)8-9-23(15(25)13-6-7-14(24)21-20-13)12-5-3-4-11(10-12)16(17,18)19/h3-7,10H,8-9H2,1-2H3,(H,21,24). The Balaban J connectivity index is 2.40. The van der Waals surface area contributed by atoms with Crippen molar-refractivity contribution in [2.45, 2.75) is 6.18 Å². The van der Waals surface area contributed by atoms with Gasteiger partial charge in [-0.3, -0.25) is 9.59 Å². The fourth-order valence-electron chi connectivity index (χ4n) is 2.10. The average molecular weight is 354 g/mol. The van der Waals surface area contributed by atoms with Gasteiger partial charge in [0.1, 0.15) is 5.69 Å². The maximum Gasteiger partial charge on any atom is 0.416 e. The lowest BCUT2D eigenvalue weighted by molar-refractivity contribution is -0.137. The Morgan fingerprint density at radius 3 is 2.44 bits per heavy atom. The number of H-pyrrole nitrogens is 1. The number of amides is 1. The Kier molecular flexibility index (Phi) is 5.58. The van der Waals surface area contributed by atoms with Crippen LogP contribution in [0.5, 0.6) is 0 Å². The van der Waals surface area contributed by atoms with Gasteiger partial charge in [-0.1, -0.05) is 6.07 Å². The Morgan fingerprint density at radius 2 is 1.88 bits per heavy atom. The molecule has 1 aromatic carbocycles. The number of hydrogen-bond acceptors (Lipinski definition) is 4. The quantitative estimate of drug-likeness (QED) is 0.892. The Bertz CT molecular complexity index is 782. The van der Waals surface area contributed by atoms with Crippen LogP contribution in [0.2, 0.25) is 0 Å². The number of rotatable bonds is 5. The van der Waals surface area contributed by atoms with E-state index in [1.165, 1.54) is 23.1 Å². The van der Waals surface area contributed by atoms with E-state index in [9.17, 15) is 22.8 Å². The molecule has 0 fully saturated rings. The minimum atomic E-state index is -4.51. The van der Waals surface area contributed by atoms with Crippen LogP contribution in [0.25, 0.3) is 0 Å². The summed E-state index contributed by atoms with van der Waals surface area (Å²) in [4.78, 5) is 26.8. The molecule has 1 amide bonds. The summed E-state index contributed by atoms with van der Waals surface area (Å²) in [6, 6.07) is 6.90. The average Bonchev–Trinajstić information content (AvgIpc) is 2.55. The van der Waals surface area contributed by atoms with Gasteiger partial charge in [-0.05, 0) is 38.4 Å². The number of halogens is 3. The molecule has 25 heavy (non-hydrogen) atoms. The van der Waals surface area contributed by atoms with Crippen LogP contribution in [-0.2, 0) is 6.18 Å². The van der Waals surface area contributed by atoms with Gasteiger partial charge in [0.2, 0.25) is 0 Å². The van der Waals surface area contributed by atoms with Crippen molar-refractivity contribution in [1.82, 2.24) is 15.1 Å². The van der Waals surface area contributed by atoms with Crippen molar-refractivity contribution in [1.29, 1.82) is 0 Å². The molecule has 0 spiro atoms. The lowest BCUT2D eigenvalue weighted by atomic mass is 10.1. The van der Waals surface area contributed by atoms with E-state index in [-0.39, 0.29) is 17.9 Å². The number of carbonyl (C=O) groups excluding carboxylic acids is 1. The predicted octanol–water partition coefficient (Wildman–Crippen LogP) is 2.00. The third-order valence-electron chi connectivity index (χ3n) is 3.40. The first-order valence-corrected chi connectivity index (χ1v) is 7.38. The highest BCUT2D eigenvalue weighted by Gasteiger charge is 2.31. The molecular formula is C16H17F3N4O2. The number of hydrogen-bond donors (Lipinski definition) is 1. The molecule has 0 saturated carbocycles. The monoisotopic (exact) mass is 354 g/mol. The zero-order valence-electron chi connectivity index (χ0n) is 13.7. The Morgan fingerprint density at radius 1 is 1.16 bits per heavy atom. The van der Waals surface area contributed by atoms with Gasteiger partial charge in [0.15, 0.2) is 0 Å². The number of anilines is 1. The fraction of sp³-hybridized carbons (Fsp3) is 0.312. The van der Waals surface area contributed by atoms with Gasteiger partial charge in [-0.15, -0.1) is 0 Å². The molecule has 0 aliphatic heterocycles. The van der Waals surface area contributed by atoms with E-state index < -0.39 is 23.2 Å². The molecule has 0 aliphatic rings. The number of carbonyl (C=O) groups is 1. The maximum atomic E-state index is 13.0. The van der Waals surface area contributed by atoms with Gasteiger partial charge < -0.3 is 9.80 Å². The molecule has 1 aromatic heterocycles. The first-order chi connectivity index (χ1) is 11.7. The zero-order chi connectivity index (χ0) is 18.6. The lowest BCUT2D eigenvalue weighted by Gasteiger charge is -2.25. The van der Waals surface area contributed by atoms with Crippen LogP contribution >= 0.6 is 0 Å². The van der Waals surface area contributed by atoms with Gasteiger partial charge in [0.05, 0.1) is 5.56 Å². The number of likely N-dealkylation sites (N-methyl/N-ethyl adjacent to an activating group) is 1. The summed E-state index contributed by atoms with van der Waals surface area (Å²) in [6.07, 6.45) is -4.51. The topological polar surface area (TPSA) is 69.3 Å². The van der Waals surface area contributed by atoms with Crippen molar-refractivity contribution < 1.29 is 18.0 Å². The smallest absolute Gasteiger partial charge is 0.308 e. The second-order valence-corrected chi connectivity index (χ2v) is 5.61. The second kappa shape index (κ2) is 7.47. The first-order valence-electron chi connectivity index (χ1n) is 7.38. The highest BCUT2D eigenvalue weighted by atomic mass is 19.4. The van der Waals surface area contributed by atoms with Crippen LogP contribution < -0.4 is 10.5 Å². The first kappa shape index (κ1) is 18.7. The van der Waals surface area contributed by atoms with Gasteiger partial charge in [-0.2, -0.15) is 18.3 Å². The van der Waals surface area contributed by atoms with Crippen LogP contribution in [0.1, 0.15) is 16.1 Å². The summed E-state index contributed by atoms with van der Waals surface area (Å²) in [5.41, 5.74) is -1.28. The summed E-state index contributed by atoms with van der Waals surface area (Å²) >= 11 is 0. The number of benzene rings is 1. The van der Waals surface area contributed by atoms with Crippen LogP contribution in [0.4, 0.5) is 18.9 Å². The van der Waals surface area contributed by atoms with E-state index in [2.05, 4.69) is 10.2 Å². The molecule has 0 aliphatic carbocycles. The highest BCUT2D eigenvalue weighted by Crippen LogP contribution is 2.31. The summed E-state index contributed by atoms with van der Waals surface area (Å²) in [6.45, 7) is 0.597. The van der Waals surface area contributed by atoms with E-state index in [1.807, 2.05) is 0 Å². The van der Waals surface area contributed by atoms with Crippen LogP contribution in [-0.4, -0.2) is 48.2 Å². The molecule has 2 rings (SSSR count). The Hall–Kier alpha value is -2.68. The molecular weight excluding hydrogens is 337 g/mol. The van der Waals surface area contributed by atoms with E-state index in [4.69, 9.17) is 0 Å². The molecule has 0 radical (unpaired) electrons. The fourth-order valence-corrected chi connectivity index (χ4v) is 2.10. The molecule has 0 bridgehead atoms. The molecule has 1 N–H and O–H groups in total. The van der Waals surface area contributed by atoms with E-state index >= 15 is 0 Å². The minimum absolute atomic E-state index is 0.0595. The lowest BCUT2D eigenvalue weighted by Crippen LogP contribution is -2.37. The maximum absolute atomic E-state index is 13.0. The molecule has 0 unspecified atom stereocenters. The minimum Gasteiger partial charge on any atom is -0.308 e. The predicted molar refractivity (Wildman–Crippen MR) is 86.5 cm³/mol. The number of aromatic nitrogens is 2. The summed E-state index contributed by atoms with van der Waals surface area (Å²) in [5.74, 6) is -0.600. The third kappa shape index (κ3) is 4.90. The van der Waals surface area contributed by atoms with E-state index in [0.29, 0.717) is 6.54 Å². The third-order valence-corrected chi connectivity index (χ3v) is 3.40. The van der Waals surface area contributed by atoms with Crippen molar-refractivity contribution in [2.24, 2.45) is 0 Å². The zero-order valence-corrected chi connectivity index (χ0v) is 13.7. The molecule has 9 heteroatoms. The largest absolute Gasteiger partial charge is 0.416 e. The van der Waals surface area contributed by atoms with Gasteiger partial charge >= 0.3 is 6.18 Å². The van der Waals surface area contributed by atoms with E-state index in [0.717, 1.165) is 18.2 Å². The molecule has 0 atom stereocenters. The summed E-state index contributed by atoms with van der Waals surface area (Å²) < 4.78 is 38.9. The van der Waals surface area contributed by atoms with Crippen LogP contribution in [0.15, 0.2) is 41.2 Å². The van der Waals surface area contributed by atoms with Crippen LogP contribution in [0, 0.1) is 0 Å². The molecule has 134 valence electrons. The highest BCUT2D eigenvalue weighted by molar-refractivity contribution is 6.04. The molecule has 6 nitrogen and oxygen atoms in total. The van der Waals surface area contributed by atoms with Gasteiger partial charge in [0.25, 0.3) is 11.5 Å². The number of alkyl halides is 3. The number of nitrogens with one attached hydrogen (secondary N) is 1. The van der Waals surface area contributed by atoms with Crippen LogP contribution in [0.3, 0.4) is 0 Å². The molecule has 2 aromatic rings. The van der Waals surface area contributed by atoms with Crippen molar-refractivity contribution in [3.63, 3.8) is 0 Å². The van der Waals surface area contributed by atoms with Crippen molar-refractivity contribution >= 4 is 11.6 Å². The molecule has 0 saturated heterocycles. The van der Waals surface area contributed by atoms with Crippen molar-refractivity contribution in [2.75, 3.05) is 32.1 Å². The molecule has 1 heterocycles. The summed E-state index contributed by atoms with van der Waals surface area (Å²) in [7, 11) is 3.57. The SMILES string of the molecule is CN(C)CCN(C(=O)c1ccc(=O)[nH]n1)c1cccc(C(F)(F)F)c1.